The minimum Gasteiger partial charge on any atom is -0.444 e. The minimum absolute atomic E-state index is 0.0939. The minimum atomic E-state index is -4.49. The van der Waals surface area contributed by atoms with Gasteiger partial charge in [-0.2, -0.15) is 4.39 Å². The number of hydrogen-bond acceptors (Lipinski definition) is 8. The molecular formula is C25H25F2N5O5S. The van der Waals surface area contributed by atoms with Crippen LogP contribution in [0.15, 0.2) is 58.1 Å². The first kappa shape index (κ1) is 26.9. The van der Waals surface area contributed by atoms with Crippen molar-refractivity contribution in [2.75, 3.05) is 7.05 Å². The summed E-state index contributed by atoms with van der Waals surface area (Å²) in [5, 5.41) is 7.64. The molecule has 0 aliphatic heterocycles. The van der Waals surface area contributed by atoms with Gasteiger partial charge < -0.3 is 14.1 Å². The van der Waals surface area contributed by atoms with Gasteiger partial charge in [0, 0.05) is 37.5 Å². The smallest absolute Gasteiger partial charge is 0.410 e. The van der Waals surface area contributed by atoms with Crippen LogP contribution in [0.5, 0.6) is 0 Å². The fraction of sp³-hybridized carbons (Fsp3) is 0.280. The molecule has 0 unspecified atom stereocenters. The van der Waals surface area contributed by atoms with Gasteiger partial charge in [-0.1, -0.05) is 6.07 Å². The van der Waals surface area contributed by atoms with E-state index < -0.39 is 39.2 Å². The van der Waals surface area contributed by atoms with Crippen molar-refractivity contribution in [2.24, 2.45) is 0 Å². The van der Waals surface area contributed by atoms with E-state index >= 15 is 4.39 Å². The molecule has 1 aromatic carbocycles. The van der Waals surface area contributed by atoms with Crippen LogP contribution in [0.1, 0.15) is 32.2 Å². The molecule has 3 aromatic heterocycles. The highest BCUT2D eigenvalue weighted by Gasteiger charge is 2.30. The molecule has 0 spiro atoms. The van der Waals surface area contributed by atoms with Gasteiger partial charge in [-0.3, -0.25) is 0 Å². The number of pyridine rings is 1. The Morgan fingerprint density at radius 1 is 1.16 bits per heavy atom. The number of carbonyl (C=O) groups is 1. The lowest BCUT2D eigenvalue weighted by atomic mass is 10.1. The molecule has 4 rings (SSSR count). The maximum Gasteiger partial charge on any atom is 0.410 e. The van der Waals surface area contributed by atoms with Crippen LogP contribution in [0.3, 0.4) is 0 Å². The molecule has 10 nitrogen and oxygen atoms in total. The molecule has 0 aliphatic rings. The second kappa shape index (κ2) is 9.97. The predicted molar refractivity (Wildman–Crippen MR) is 132 cm³/mol. The van der Waals surface area contributed by atoms with Crippen molar-refractivity contribution in [3.05, 3.63) is 72.0 Å². The second-order valence-corrected chi connectivity index (χ2v) is 11.3. The first-order chi connectivity index (χ1) is 17.8. The van der Waals surface area contributed by atoms with E-state index in [9.17, 15) is 17.6 Å². The van der Waals surface area contributed by atoms with Crippen LogP contribution in [0.25, 0.3) is 22.7 Å². The fourth-order valence-electron chi connectivity index (χ4n) is 3.59. The molecule has 4 aromatic rings. The van der Waals surface area contributed by atoms with Crippen molar-refractivity contribution in [2.45, 2.75) is 44.7 Å². The highest BCUT2D eigenvalue weighted by Crippen LogP contribution is 2.33. The van der Waals surface area contributed by atoms with Crippen LogP contribution in [-0.4, -0.2) is 51.2 Å². The summed E-state index contributed by atoms with van der Waals surface area (Å²) in [6.07, 6.45) is 1.42. The molecule has 0 radical (unpaired) electrons. The zero-order valence-corrected chi connectivity index (χ0v) is 22.1. The van der Waals surface area contributed by atoms with Gasteiger partial charge >= 0.3 is 6.09 Å². The summed E-state index contributed by atoms with van der Waals surface area (Å²) in [5.41, 5.74) is -1.60. The Bertz CT molecular complexity index is 1610. The number of benzene rings is 1. The van der Waals surface area contributed by atoms with Gasteiger partial charge in [-0.05, 0) is 51.1 Å². The van der Waals surface area contributed by atoms with Gasteiger partial charge in [0.05, 0.1) is 17.0 Å². The molecule has 3 heterocycles. The molecule has 13 heteroatoms. The molecule has 0 N–H and O–H groups in total. The molecule has 0 fully saturated rings. The van der Waals surface area contributed by atoms with Crippen molar-refractivity contribution < 1.29 is 31.1 Å². The maximum atomic E-state index is 15.8. The molecule has 200 valence electrons. The van der Waals surface area contributed by atoms with E-state index in [2.05, 4.69) is 15.2 Å². The average Bonchev–Trinajstić information content (AvgIpc) is 3.42. The first-order valence-corrected chi connectivity index (χ1v) is 12.8. The van der Waals surface area contributed by atoms with E-state index in [0.29, 0.717) is 9.54 Å². The standard InChI is InChI=1S/C25H25F2N5O5S/c1-15-29-30-23(36-15)16-8-6-9-18(12-16)38(34,35)32-14-17(13-31(5)24(33)37-25(2,3)4)20(26)21(32)19-10-7-11-28-22(19)27/h6-12,14H,13H2,1-5H3. The summed E-state index contributed by atoms with van der Waals surface area (Å²) in [5.74, 6) is -1.71. The number of hydrogen-bond donors (Lipinski definition) is 0. The van der Waals surface area contributed by atoms with Crippen molar-refractivity contribution >= 4 is 16.1 Å². The van der Waals surface area contributed by atoms with Crippen LogP contribution in [0.2, 0.25) is 0 Å². The van der Waals surface area contributed by atoms with E-state index in [1.807, 2.05) is 0 Å². The van der Waals surface area contributed by atoms with Crippen LogP contribution in [-0.2, 0) is 21.3 Å². The third-order valence-corrected chi connectivity index (χ3v) is 6.93. The lowest BCUT2D eigenvalue weighted by Gasteiger charge is -2.24. The van der Waals surface area contributed by atoms with E-state index in [4.69, 9.17) is 9.15 Å². The number of aryl methyl sites for hydroxylation is 1. The Labute approximate surface area is 217 Å². The summed E-state index contributed by atoms with van der Waals surface area (Å²) in [4.78, 5) is 16.8. The van der Waals surface area contributed by atoms with Crippen LogP contribution in [0, 0.1) is 18.7 Å². The van der Waals surface area contributed by atoms with Crippen LogP contribution >= 0.6 is 0 Å². The van der Waals surface area contributed by atoms with E-state index in [1.54, 1.807) is 33.8 Å². The summed E-state index contributed by atoms with van der Waals surface area (Å²) >= 11 is 0. The Balaban J connectivity index is 1.83. The predicted octanol–water partition coefficient (Wildman–Crippen LogP) is 4.79. The molecule has 0 aliphatic carbocycles. The second-order valence-electron chi connectivity index (χ2n) is 9.45. The molecule has 0 bridgehead atoms. The lowest BCUT2D eigenvalue weighted by Crippen LogP contribution is -2.33. The SMILES string of the molecule is Cc1nnc(-c2cccc(S(=O)(=O)n3cc(CN(C)C(=O)OC(C)(C)C)c(F)c3-c3cccnc3F)c2)o1. The summed E-state index contributed by atoms with van der Waals surface area (Å²) in [6, 6.07) is 8.19. The summed E-state index contributed by atoms with van der Waals surface area (Å²) in [6.45, 7) is 6.27. The zero-order chi connectivity index (χ0) is 27.8. The van der Waals surface area contributed by atoms with E-state index in [1.165, 1.54) is 37.4 Å². The molecule has 1 amide bonds. The van der Waals surface area contributed by atoms with E-state index in [-0.39, 0.29) is 34.3 Å². The Morgan fingerprint density at radius 3 is 2.53 bits per heavy atom. The third-order valence-electron chi connectivity index (χ3n) is 5.27. The van der Waals surface area contributed by atoms with Gasteiger partial charge in [0.2, 0.25) is 17.7 Å². The monoisotopic (exact) mass is 545 g/mol. The molecule has 38 heavy (non-hydrogen) atoms. The normalized spacial score (nSPS) is 12.0. The van der Waals surface area contributed by atoms with Crippen molar-refractivity contribution in [1.29, 1.82) is 0 Å². The number of carbonyl (C=O) groups excluding carboxylic acids is 1. The number of rotatable bonds is 6. The van der Waals surface area contributed by atoms with Crippen LogP contribution in [0.4, 0.5) is 13.6 Å². The number of aromatic nitrogens is 4. The number of halogens is 2. The molecule has 0 saturated carbocycles. The lowest BCUT2D eigenvalue weighted by molar-refractivity contribution is 0.0284. The Morgan fingerprint density at radius 2 is 1.89 bits per heavy atom. The largest absolute Gasteiger partial charge is 0.444 e. The van der Waals surface area contributed by atoms with Gasteiger partial charge in [-0.25, -0.2) is 26.6 Å². The topological polar surface area (TPSA) is 120 Å². The van der Waals surface area contributed by atoms with Crippen molar-refractivity contribution in [3.63, 3.8) is 0 Å². The number of nitrogens with zero attached hydrogens (tertiary/aromatic N) is 5. The zero-order valence-electron chi connectivity index (χ0n) is 21.3. The highest BCUT2D eigenvalue weighted by molar-refractivity contribution is 7.90. The fourth-order valence-corrected chi connectivity index (χ4v) is 5.03. The average molecular weight is 546 g/mol. The van der Waals surface area contributed by atoms with Gasteiger partial charge in [0.25, 0.3) is 10.0 Å². The van der Waals surface area contributed by atoms with Crippen molar-refractivity contribution in [3.8, 4) is 22.7 Å². The molecule has 0 saturated heterocycles. The van der Waals surface area contributed by atoms with Gasteiger partial charge in [0.15, 0.2) is 5.82 Å². The molecule has 0 atom stereocenters. The van der Waals surface area contributed by atoms with E-state index in [0.717, 1.165) is 17.3 Å². The third kappa shape index (κ3) is 5.42. The molecular weight excluding hydrogens is 520 g/mol. The van der Waals surface area contributed by atoms with Gasteiger partial charge in [0.1, 0.15) is 11.3 Å². The summed E-state index contributed by atoms with van der Waals surface area (Å²) in [7, 11) is -3.11. The maximum absolute atomic E-state index is 15.8. The quantitative estimate of drug-likeness (QED) is 0.317. The van der Waals surface area contributed by atoms with Crippen molar-refractivity contribution in [1.82, 2.24) is 24.1 Å². The first-order valence-electron chi connectivity index (χ1n) is 11.4. The Hall–Kier alpha value is -4.13. The Kier molecular flexibility index (Phi) is 7.06. The van der Waals surface area contributed by atoms with Crippen LogP contribution < -0.4 is 0 Å². The summed E-state index contributed by atoms with van der Waals surface area (Å²) < 4.78 is 69.4. The number of ether oxygens (including phenoxy) is 1. The highest BCUT2D eigenvalue weighted by atomic mass is 32.2. The van der Waals surface area contributed by atoms with Gasteiger partial charge in [-0.15, -0.1) is 10.2 Å². The number of amides is 1.